The van der Waals surface area contributed by atoms with Gasteiger partial charge >= 0.3 is 8.80 Å². The third-order valence-electron chi connectivity index (χ3n) is 2.47. The first kappa shape index (κ1) is 19.0. The Kier molecular flexibility index (Phi) is 13.0. The van der Waals surface area contributed by atoms with Crippen LogP contribution in [0.4, 0.5) is 0 Å². The quantitative estimate of drug-likeness (QED) is 0.295. The van der Waals surface area contributed by atoms with Crippen LogP contribution in [0.2, 0.25) is 6.04 Å². The minimum absolute atomic E-state index is 0.654. The van der Waals surface area contributed by atoms with Gasteiger partial charge in [-0.2, -0.15) is 11.8 Å². The molecule has 0 aliphatic carbocycles. The number of rotatable bonds is 13. The highest BCUT2D eigenvalue weighted by molar-refractivity contribution is 7.99. The molecule has 5 heteroatoms. The first-order valence-corrected chi connectivity index (χ1v) is 10.3. The number of terminal acetylenes is 1. The van der Waals surface area contributed by atoms with Gasteiger partial charge in [0.25, 0.3) is 0 Å². The summed E-state index contributed by atoms with van der Waals surface area (Å²) in [5, 5.41) is 0. The van der Waals surface area contributed by atoms with E-state index < -0.39 is 8.80 Å². The van der Waals surface area contributed by atoms with Crippen molar-refractivity contribution < 1.29 is 13.3 Å². The van der Waals surface area contributed by atoms with Gasteiger partial charge < -0.3 is 13.3 Å². The van der Waals surface area contributed by atoms with E-state index in [4.69, 9.17) is 19.7 Å². The molecule has 0 aromatic rings. The molecule has 0 N–H and O–H groups in total. The highest BCUT2D eigenvalue weighted by Gasteiger charge is 2.39. The molecular formula is C14H28O3SSi. The fourth-order valence-electron chi connectivity index (χ4n) is 1.77. The first-order valence-electron chi connectivity index (χ1n) is 7.17. The van der Waals surface area contributed by atoms with Gasteiger partial charge in [0, 0.05) is 32.3 Å². The second-order valence-corrected chi connectivity index (χ2v) is 7.96. The summed E-state index contributed by atoms with van der Waals surface area (Å²) in [5.41, 5.74) is 0. The molecule has 0 bridgehead atoms. The molecular weight excluding hydrogens is 276 g/mol. The van der Waals surface area contributed by atoms with E-state index in [0.29, 0.717) is 19.8 Å². The maximum Gasteiger partial charge on any atom is 0.500 e. The molecule has 0 saturated carbocycles. The van der Waals surface area contributed by atoms with Crippen molar-refractivity contribution in [2.24, 2.45) is 0 Å². The maximum absolute atomic E-state index is 5.81. The Morgan fingerprint density at radius 1 is 0.947 bits per heavy atom. The lowest BCUT2D eigenvalue weighted by Crippen LogP contribution is -2.46. The SMILES string of the molecule is C#CCCCSCCC[Si](OCC)(OCC)OCC. The molecule has 0 radical (unpaired) electrons. The summed E-state index contributed by atoms with van der Waals surface area (Å²) >= 11 is 1.95. The van der Waals surface area contributed by atoms with E-state index in [-0.39, 0.29) is 0 Å². The molecule has 0 aromatic heterocycles. The van der Waals surface area contributed by atoms with Gasteiger partial charge in [0.05, 0.1) is 0 Å². The van der Waals surface area contributed by atoms with Crippen molar-refractivity contribution in [3.63, 3.8) is 0 Å². The summed E-state index contributed by atoms with van der Waals surface area (Å²) in [6.45, 7) is 7.95. The third kappa shape index (κ3) is 9.53. The molecule has 0 amide bonds. The minimum atomic E-state index is -2.42. The predicted molar refractivity (Wildman–Crippen MR) is 85.4 cm³/mol. The number of hydrogen-bond donors (Lipinski definition) is 0. The van der Waals surface area contributed by atoms with Crippen molar-refractivity contribution in [1.29, 1.82) is 0 Å². The lowest BCUT2D eigenvalue weighted by atomic mass is 10.4. The topological polar surface area (TPSA) is 27.7 Å². The average molecular weight is 305 g/mol. The van der Waals surface area contributed by atoms with Crippen LogP contribution in [0.5, 0.6) is 0 Å². The van der Waals surface area contributed by atoms with E-state index in [2.05, 4.69) is 5.92 Å². The summed E-state index contributed by atoms with van der Waals surface area (Å²) in [7, 11) is -2.42. The van der Waals surface area contributed by atoms with Gasteiger partial charge in [-0.05, 0) is 45.1 Å². The van der Waals surface area contributed by atoms with Crippen molar-refractivity contribution in [2.45, 2.75) is 46.1 Å². The van der Waals surface area contributed by atoms with E-state index >= 15 is 0 Å². The Bertz CT molecular complexity index is 226. The molecule has 0 atom stereocenters. The van der Waals surface area contributed by atoms with Crippen LogP contribution in [0.15, 0.2) is 0 Å². The summed E-state index contributed by atoms with van der Waals surface area (Å²) in [4.78, 5) is 0. The lowest BCUT2D eigenvalue weighted by molar-refractivity contribution is 0.0712. The van der Waals surface area contributed by atoms with Crippen LogP contribution in [-0.2, 0) is 13.3 Å². The summed E-state index contributed by atoms with van der Waals surface area (Å²) in [6.07, 6.45) is 8.28. The van der Waals surface area contributed by atoms with Crippen LogP contribution < -0.4 is 0 Å². The zero-order chi connectivity index (χ0) is 14.4. The Balaban J connectivity index is 3.93. The zero-order valence-electron chi connectivity index (χ0n) is 12.6. The molecule has 0 spiro atoms. The van der Waals surface area contributed by atoms with Gasteiger partial charge in [-0.25, -0.2) is 0 Å². The fraction of sp³-hybridized carbons (Fsp3) is 0.857. The number of thioether (sulfide) groups is 1. The minimum Gasteiger partial charge on any atom is -0.374 e. The Morgan fingerprint density at radius 2 is 1.47 bits per heavy atom. The van der Waals surface area contributed by atoms with Crippen LogP contribution in [0, 0.1) is 12.3 Å². The van der Waals surface area contributed by atoms with Crippen molar-refractivity contribution in [3.05, 3.63) is 0 Å². The molecule has 0 rings (SSSR count). The monoisotopic (exact) mass is 304 g/mol. The van der Waals surface area contributed by atoms with E-state index in [9.17, 15) is 0 Å². The molecule has 112 valence electrons. The molecule has 0 aliphatic heterocycles. The van der Waals surface area contributed by atoms with Crippen LogP contribution >= 0.6 is 11.8 Å². The molecule has 0 heterocycles. The van der Waals surface area contributed by atoms with Crippen LogP contribution in [0.25, 0.3) is 0 Å². The Labute approximate surface area is 124 Å². The largest absolute Gasteiger partial charge is 0.500 e. The molecule has 3 nitrogen and oxygen atoms in total. The van der Waals surface area contributed by atoms with Gasteiger partial charge in [0.15, 0.2) is 0 Å². The average Bonchev–Trinajstić information content (AvgIpc) is 2.39. The smallest absolute Gasteiger partial charge is 0.374 e. The third-order valence-corrected chi connectivity index (χ3v) is 6.78. The molecule has 0 aliphatic rings. The molecule has 0 unspecified atom stereocenters. The summed E-state index contributed by atoms with van der Waals surface area (Å²) < 4.78 is 17.4. The van der Waals surface area contributed by atoms with E-state index in [1.54, 1.807) is 0 Å². The maximum atomic E-state index is 5.81. The van der Waals surface area contributed by atoms with Gasteiger partial charge in [0.2, 0.25) is 0 Å². The van der Waals surface area contributed by atoms with Gasteiger partial charge in [-0.3, -0.25) is 0 Å². The van der Waals surface area contributed by atoms with Crippen LogP contribution in [0.3, 0.4) is 0 Å². The van der Waals surface area contributed by atoms with Crippen molar-refractivity contribution in [1.82, 2.24) is 0 Å². The van der Waals surface area contributed by atoms with Gasteiger partial charge in [0.1, 0.15) is 0 Å². The van der Waals surface area contributed by atoms with E-state index in [0.717, 1.165) is 36.8 Å². The normalized spacial score (nSPS) is 11.5. The second-order valence-electron chi connectivity index (χ2n) is 4.01. The van der Waals surface area contributed by atoms with Gasteiger partial charge in [-0.1, -0.05) is 0 Å². The van der Waals surface area contributed by atoms with Crippen LogP contribution in [-0.4, -0.2) is 40.1 Å². The predicted octanol–water partition coefficient (Wildman–Crippen LogP) is 3.57. The highest BCUT2D eigenvalue weighted by Crippen LogP contribution is 2.20. The second kappa shape index (κ2) is 13.0. The Morgan fingerprint density at radius 3 is 1.95 bits per heavy atom. The fourth-order valence-corrected chi connectivity index (χ4v) is 5.54. The highest BCUT2D eigenvalue weighted by atomic mass is 32.2. The van der Waals surface area contributed by atoms with E-state index in [1.165, 1.54) is 0 Å². The van der Waals surface area contributed by atoms with E-state index in [1.807, 2.05) is 32.5 Å². The number of unbranched alkanes of at least 4 members (excludes halogenated alkanes) is 1. The first-order chi connectivity index (χ1) is 9.24. The number of hydrogen-bond acceptors (Lipinski definition) is 4. The molecule has 0 fully saturated rings. The van der Waals surface area contributed by atoms with Crippen LogP contribution in [0.1, 0.15) is 40.0 Å². The van der Waals surface area contributed by atoms with Crippen molar-refractivity contribution in [2.75, 3.05) is 31.3 Å². The standard InChI is InChI=1S/C14H28O3SSi/c1-5-9-10-12-18-13-11-14-19(15-6-2,16-7-3)17-8-4/h1H,6-14H2,2-4H3. The summed E-state index contributed by atoms with van der Waals surface area (Å²) in [6, 6.07) is 0.907. The Hall–Kier alpha value is 0.00688. The van der Waals surface area contributed by atoms with Crippen molar-refractivity contribution in [3.8, 4) is 12.3 Å². The molecule has 0 saturated heterocycles. The zero-order valence-corrected chi connectivity index (χ0v) is 14.4. The molecule has 0 aromatic carbocycles. The van der Waals surface area contributed by atoms with Crippen molar-refractivity contribution >= 4 is 20.6 Å². The molecule has 19 heavy (non-hydrogen) atoms. The lowest BCUT2D eigenvalue weighted by Gasteiger charge is -2.28. The summed E-state index contributed by atoms with van der Waals surface area (Å²) in [5.74, 6) is 4.92. The van der Waals surface area contributed by atoms with Gasteiger partial charge in [-0.15, -0.1) is 12.3 Å².